The molecule has 0 bridgehead atoms. The van der Waals surface area contributed by atoms with Gasteiger partial charge in [-0.15, -0.1) is 0 Å². The van der Waals surface area contributed by atoms with E-state index in [-0.39, 0.29) is 12.2 Å². The van der Waals surface area contributed by atoms with Crippen LogP contribution in [0.25, 0.3) is 6.08 Å². The van der Waals surface area contributed by atoms with Crippen LogP contribution in [0.5, 0.6) is 0 Å². The van der Waals surface area contributed by atoms with Crippen molar-refractivity contribution < 1.29 is 9.53 Å². The Balaban J connectivity index is 1.47. The van der Waals surface area contributed by atoms with Gasteiger partial charge in [0, 0.05) is 57.2 Å². The number of hydrogen-bond donors (Lipinski definition) is 1. The topological polar surface area (TPSA) is 70.6 Å². The second kappa shape index (κ2) is 8.98. The molecular formula is C19H29N5O2. The lowest BCUT2D eigenvalue weighted by Gasteiger charge is -2.30. The number of piperidine rings is 1. The van der Waals surface area contributed by atoms with Gasteiger partial charge in [0.25, 0.3) is 0 Å². The van der Waals surface area contributed by atoms with Crippen LogP contribution in [0, 0.1) is 5.92 Å². The van der Waals surface area contributed by atoms with Crippen molar-refractivity contribution in [1.82, 2.24) is 20.2 Å². The molecule has 3 rings (SSSR count). The van der Waals surface area contributed by atoms with Gasteiger partial charge in [-0.3, -0.25) is 0 Å². The molecule has 2 fully saturated rings. The summed E-state index contributed by atoms with van der Waals surface area (Å²) in [6, 6.07) is 0. The highest BCUT2D eigenvalue weighted by atomic mass is 16.6. The van der Waals surface area contributed by atoms with Crippen molar-refractivity contribution in [2.24, 2.45) is 5.92 Å². The van der Waals surface area contributed by atoms with Gasteiger partial charge in [0.15, 0.2) is 0 Å². The zero-order chi connectivity index (χ0) is 18.4. The van der Waals surface area contributed by atoms with Crippen molar-refractivity contribution in [3.05, 3.63) is 24.0 Å². The minimum Gasteiger partial charge on any atom is -0.447 e. The van der Waals surface area contributed by atoms with Gasteiger partial charge in [-0.1, -0.05) is 12.2 Å². The predicted molar refractivity (Wildman–Crippen MR) is 102 cm³/mol. The maximum absolute atomic E-state index is 11.9. The fraction of sp³-hybridized carbons (Fsp3) is 0.632. The predicted octanol–water partition coefficient (Wildman–Crippen LogP) is 2.16. The van der Waals surface area contributed by atoms with Crippen LogP contribution in [0.2, 0.25) is 0 Å². The first-order valence-corrected chi connectivity index (χ1v) is 9.53. The highest BCUT2D eigenvalue weighted by molar-refractivity contribution is 5.67. The molecule has 0 radical (unpaired) electrons. The average Bonchev–Trinajstić information content (AvgIpc) is 2.67. The number of amides is 1. The van der Waals surface area contributed by atoms with Gasteiger partial charge in [0.1, 0.15) is 0 Å². The smallest absolute Gasteiger partial charge is 0.410 e. The molecule has 142 valence electrons. The average molecular weight is 359 g/mol. The maximum atomic E-state index is 11.9. The molecule has 26 heavy (non-hydrogen) atoms. The molecule has 1 N–H and O–H groups in total. The second-order valence-electron chi connectivity index (χ2n) is 7.17. The Labute approximate surface area is 155 Å². The van der Waals surface area contributed by atoms with Crippen molar-refractivity contribution in [2.45, 2.75) is 32.8 Å². The summed E-state index contributed by atoms with van der Waals surface area (Å²) in [5, 5.41) is 3.33. The van der Waals surface area contributed by atoms with E-state index in [0.717, 1.165) is 63.6 Å². The van der Waals surface area contributed by atoms with E-state index in [2.05, 4.69) is 32.3 Å². The summed E-state index contributed by atoms with van der Waals surface area (Å²) in [7, 11) is 0. The monoisotopic (exact) mass is 359 g/mol. The summed E-state index contributed by atoms with van der Waals surface area (Å²) in [6.07, 6.45) is 9.74. The number of hydrogen-bond acceptors (Lipinski definition) is 6. The number of allylic oxidation sites excluding steroid dienone is 1. The van der Waals surface area contributed by atoms with Gasteiger partial charge in [0.05, 0.1) is 6.10 Å². The molecule has 0 spiro atoms. The number of nitrogens with one attached hydrogen (secondary N) is 1. The molecule has 0 saturated carbocycles. The van der Waals surface area contributed by atoms with E-state index in [1.165, 1.54) is 0 Å². The van der Waals surface area contributed by atoms with Gasteiger partial charge in [0.2, 0.25) is 5.95 Å². The largest absolute Gasteiger partial charge is 0.447 e. The molecule has 2 aliphatic rings. The Morgan fingerprint density at radius 3 is 2.46 bits per heavy atom. The van der Waals surface area contributed by atoms with Crippen molar-refractivity contribution in [3.8, 4) is 0 Å². The number of anilines is 1. The number of likely N-dealkylation sites (tertiary alicyclic amines) is 1. The molecule has 7 nitrogen and oxygen atoms in total. The Kier molecular flexibility index (Phi) is 6.44. The molecule has 0 aromatic carbocycles. The zero-order valence-electron chi connectivity index (χ0n) is 15.7. The maximum Gasteiger partial charge on any atom is 0.410 e. The van der Waals surface area contributed by atoms with Crippen molar-refractivity contribution in [1.29, 1.82) is 0 Å². The summed E-state index contributed by atoms with van der Waals surface area (Å²) < 4.78 is 5.26. The normalized spacial score (nSPS) is 19.3. The van der Waals surface area contributed by atoms with Gasteiger partial charge < -0.3 is 19.9 Å². The Morgan fingerprint density at radius 1 is 1.19 bits per heavy atom. The van der Waals surface area contributed by atoms with Crippen molar-refractivity contribution in [3.63, 3.8) is 0 Å². The van der Waals surface area contributed by atoms with E-state index in [4.69, 9.17) is 4.74 Å². The van der Waals surface area contributed by atoms with Crippen LogP contribution in [0.4, 0.5) is 10.7 Å². The van der Waals surface area contributed by atoms with E-state index < -0.39 is 0 Å². The lowest BCUT2D eigenvalue weighted by molar-refractivity contribution is 0.0679. The van der Waals surface area contributed by atoms with E-state index in [0.29, 0.717) is 5.92 Å². The van der Waals surface area contributed by atoms with Crippen molar-refractivity contribution >= 4 is 18.1 Å². The van der Waals surface area contributed by atoms with Gasteiger partial charge >= 0.3 is 6.09 Å². The zero-order valence-corrected chi connectivity index (χ0v) is 15.7. The number of aromatic nitrogens is 2. The number of carbonyl (C=O) groups excluding carboxylic acids is 1. The minimum atomic E-state index is -0.195. The molecule has 1 aromatic rings. The van der Waals surface area contributed by atoms with E-state index in [9.17, 15) is 4.79 Å². The first-order valence-electron chi connectivity index (χ1n) is 9.53. The fourth-order valence-electron chi connectivity index (χ4n) is 3.24. The summed E-state index contributed by atoms with van der Waals surface area (Å²) in [4.78, 5) is 24.9. The molecule has 1 amide bonds. The van der Waals surface area contributed by atoms with E-state index in [1.807, 2.05) is 26.2 Å². The van der Waals surface area contributed by atoms with Gasteiger partial charge in [-0.05, 0) is 32.6 Å². The molecular weight excluding hydrogens is 330 g/mol. The third-order valence-electron chi connectivity index (χ3n) is 4.75. The molecule has 1 aromatic heterocycles. The Hall–Kier alpha value is -2.15. The first kappa shape index (κ1) is 18.6. The highest BCUT2D eigenvalue weighted by Crippen LogP contribution is 2.20. The SMILES string of the molecule is CC(C)OC(=O)N1CCC(/C=C/c2cnc(N3CCNCC3)nc2)CC1. The molecule has 0 unspecified atom stereocenters. The molecule has 2 saturated heterocycles. The number of piperazine rings is 1. The van der Waals surface area contributed by atoms with E-state index in [1.54, 1.807) is 4.90 Å². The summed E-state index contributed by atoms with van der Waals surface area (Å²) >= 11 is 0. The third-order valence-corrected chi connectivity index (χ3v) is 4.75. The van der Waals surface area contributed by atoms with Crippen LogP contribution >= 0.6 is 0 Å². The number of carbonyl (C=O) groups is 1. The van der Waals surface area contributed by atoms with Crippen LogP contribution in [0.1, 0.15) is 32.3 Å². The third kappa shape index (κ3) is 5.17. The van der Waals surface area contributed by atoms with Crippen LogP contribution < -0.4 is 10.2 Å². The molecule has 0 atom stereocenters. The van der Waals surface area contributed by atoms with E-state index >= 15 is 0 Å². The summed E-state index contributed by atoms with van der Waals surface area (Å²) in [6.45, 7) is 9.12. The van der Waals surface area contributed by atoms with Gasteiger partial charge in [-0.2, -0.15) is 0 Å². The Morgan fingerprint density at radius 2 is 1.85 bits per heavy atom. The summed E-state index contributed by atoms with van der Waals surface area (Å²) in [5.41, 5.74) is 1.02. The van der Waals surface area contributed by atoms with Crippen LogP contribution in [-0.2, 0) is 4.74 Å². The second-order valence-corrected chi connectivity index (χ2v) is 7.17. The molecule has 3 heterocycles. The summed E-state index contributed by atoms with van der Waals surface area (Å²) in [5.74, 6) is 1.28. The number of rotatable bonds is 4. The Bertz CT molecular complexity index is 603. The molecule has 2 aliphatic heterocycles. The molecule has 0 aliphatic carbocycles. The van der Waals surface area contributed by atoms with Gasteiger partial charge in [-0.25, -0.2) is 14.8 Å². The van der Waals surface area contributed by atoms with Crippen LogP contribution in [-0.4, -0.2) is 66.3 Å². The van der Waals surface area contributed by atoms with Crippen LogP contribution in [0.3, 0.4) is 0 Å². The lowest BCUT2D eigenvalue weighted by Crippen LogP contribution is -2.44. The number of ether oxygens (including phenoxy) is 1. The minimum absolute atomic E-state index is 0.0655. The first-order chi connectivity index (χ1) is 12.6. The quantitative estimate of drug-likeness (QED) is 0.888. The van der Waals surface area contributed by atoms with Crippen LogP contribution in [0.15, 0.2) is 18.5 Å². The fourth-order valence-corrected chi connectivity index (χ4v) is 3.24. The standard InChI is InChI=1S/C19H29N5O2/c1-15(2)26-19(25)24-9-5-16(6-10-24)3-4-17-13-21-18(22-14-17)23-11-7-20-8-12-23/h3-4,13-16,20H,5-12H2,1-2H3/b4-3+. The number of nitrogens with zero attached hydrogens (tertiary/aromatic N) is 4. The molecule has 7 heteroatoms. The lowest BCUT2D eigenvalue weighted by atomic mass is 9.96. The van der Waals surface area contributed by atoms with Crippen molar-refractivity contribution in [2.75, 3.05) is 44.2 Å². The highest BCUT2D eigenvalue weighted by Gasteiger charge is 2.23.